The zero-order chi connectivity index (χ0) is 55.3. The molecule has 5 atom stereocenters. The lowest BCUT2D eigenvalue weighted by atomic mass is 9.77. The quantitative estimate of drug-likeness (QED) is 0.0239. The van der Waals surface area contributed by atoms with E-state index in [4.69, 9.17) is 32.5 Å². The van der Waals surface area contributed by atoms with Gasteiger partial charge in [0.1, 0.15) is 6.04 Å². The molecule has 0 spiro atoms. The van der Waals surface area contributed by atoms with Gasteiger partial charge in [-0.15, -0.1) is 29.3 Å². The van der Waals surface area contributed by atoms with Gasteiger partial charge >= 0.3 is 5.97 Å². The van der Waals surface area contributed by atoms with Crippen molar-refractivity contribution in [3.63, 3.8) is 0 Å². The number of nitrogens with two attached hydrogens (primary N) is 3. The van der Waals surface area contributed by atoms with Crippen molar-refractivity contribution in [2.24, 2.45) is 17.6 Å². The number of carbonyl (C=O) groups excluding carboxylic acids is 1. The smallest absolute Gasteiger partial charge is 0.320 e. The summed E-state index contributed by atoms with van der Waals surface area (Å²) in [6, 6.07) is 10.7. The first-order chi connectivity index (χ1) is 37.2. The molecule has 16 nitrogen and oxygen atoms in total. The number of hydrogen-bond acceptors (Lipinski definition) is 15. The van der Waals surface area contributed by atoms with Crippen molar-refractivity contribution in [2.45, 2.75) is 168 Å². The Hall–Kier alpha value is -5.37. The standard InChI is InChI=1S/C16H24N2O.C13H21N3.C11H16N2S.C10H17N3S.C9H11NO4/c1-3-9-18(10-4-2)11-8-13-6-5-7-15-14(13)12-16(19)17-15;1-2-5-16-6-3-4-10-7-12-11(8-13(10)16)9-14-15-12;1-2-3-8-4-6-9-10(7-5-8)14-11(12)13-9;1-2-5-12-7-3-4-8-9(6-7)14-10(11)13-8;10-6(9(13)14)3-5-1-2-7(11)8(12)4-5/h5-7H,3-4,8-12H2,1-2H3,(H,17,19);9-10,13H,2-8H2,1H3,(H,14,15);2,8H,1,3-7H2,(H2,12,13);7,12H,2-6H2,1H3,(H2,11,13);1-2,4,6,11-12H,3,10H2,(H,13,14)/t;10-,13-;;7-;6-/m.1.00/s1. The van der Waals surface area contributed by atoms with Crippen LogP contribution in [0, 0.1) is 11.8 Å². The molecule has 0 bridgehead atoms. The van der Waals surface area contributed by atoms with Crippen molar-refractivity contribution in [1.29, 1.82) is 0 Å². The SMILES string of the molecule is C=CCC1CCc2nc(N)sc2CC1.CCCN(CCC)CCc1cccc2c1CC(=O)N2.CCCN1CCC[C@@H]2Cc3[nH]ncc3C[C@H]21.CCCN[C@H]1CCc2nc(N)sc2C1.N[C@@H](Cc1ccc(O)c(O)c1)C(=O)O. The van der Waals surface area contributed by atoms with E-state index in [1.807, 2.05) is 24.4 Å². The van der Waals surface area contributed by atoms with E-state index in [-0.39, 0.29) is 23.8 Å². The fraction of sp³-hybridized carbons (Fsp3) is 0.576. The average Bonchev–Trinajstić information content (AvgIpc) is 4.22. The first-order valence-electron chi connectivity index (χ1n) is 28.4. The second-order valence-electron chi connectivity index (χ2n) is 21.2. The van der Waals surface area contributed by atoms with Crippen LogP contribution in [0.4, 0.5) is 16.0 Å². The molecule has 0 saturated carbocycles. The number of amides is 1. The molecule has 1 saturated heterocycles. The molecule has 18 heteroatoms. The number of phenols is 2. The molecule has 1 fully saturated rings. The lowest BCUT2D eigenvalue weighted by Crippen LogP contribution is -2.49. The number of benzene rings is 2. The number of carboxylic acid groups (broad SMARTS) is 1. The van der Waals surface area contributed by atoms with E-state index >= 15 is 0 Å². The van der Waals surface area contributed by atoms with Gasteiger partial charge < -0.3 is 48.1 Å². The van der Waals surface area contributed by atoms with Crippen LogP contribution in [-0.2, 0) is 67.4 Å². The number of likely N-dealkylation sites (tertiary alicyclic amines) is 1. The van der Waals surface area contributed by atoms with Crippen LogP contribution < -0.4 is 27.8 Å². The zero-order valence-electron chi connectivity index (χ0n) is 46.3. The number of aryl methyl sites for hydroxylation is 3. The first-order valence-corrected chi connectivity index (χ1v) is 30.0. The van der Waals surface area contributed by atoms with Gasteiger partial charge in [-0.05, 0) is 201 Å². The number of allylic oxidation sites excluding steroid dienone is 1. The third-order valence-corrected chi connectivity index (χ3v) is 17.2. The molecule has 3 aliphatic carbocycles. The van der Waals surface area contributed by atoms with E-state index < -0.39 is 12.0 Å². The summed E-state index contributed by atoms with van der Waals surface area (Å²) >= 11 is 3.32. The van der Waals surface area contributed by atoms with Crippen LogP contribution in [0.2, 0.25) is 0 Å². The number of aromatic amines is 1. The summed E-state index contributed by atoms with van der Waals surface area (Å²) in [5, 5.41) is 41.9. The van der Waals surface area contributed by atoms with Crippen LogP contribution in [0.5, 0.6) is 11.5 Å². The van der Waals surface area contributed by atoms with Crippen molar-refractivity contribution in [1.82, 2.24) is 35.3 Å². The van der Waals surface area contributed by atoms with E-state index in [9.17, 15) is 9.59 Å². The lowest BCUT2D eigenvalue weighted by molar-refractivity contribution is -0.138. The van der Waals surface area contributed by atoms with Gasteiger partial charge in [-0.25, -0.2) is 9.97 Å². The topological polar surface area (TPSA) is 258 Å². The molecule has 77 heavy (non-hydrogen) atoms. The van der Waals surface area contributed by atoms with Gasteiger partial charge in [-0.2, -0.15) is 5.10 Å². The molecule has 5 aromatic rings. The molecule has 5 aliphatic rings. The third-order valence-electron chi connectivity index (χ3n) is 15.2. The Morgan fingerprint density at radius 2 is 1.64 bits per heavy atom. The van der Waals surface area contributed by atoms with Crippen LogP contribution in [0.3, 0.4) is 0 Å². The fourth-order valence-corrected chi connectivity index (χ4v) is 13.2. The van der Waals surface area contributed by atoms with Gasteiger partial charge in [0.2, 0.25) is 5.91 Å². The molecule has 2 aromatic carbocycles. The Kier molecular flexibility index (Phi) is 24.7. The molecular formula is C59H89N11O5S2. The lowest BCUT2D eigenvalue weighted by Gasteiger charge is -2.43. The van der Waals surface area contributed by atoms with E-state index in [2.05, 4.69) is 80.9 Å². The van der Waals surface area contributed by atoms with Gasteiger partial charge in [-0.1, -0.05) is 52.0 Å². The molecule has 422 valence electrons. The summed E-state index contributed by atoms with van der Waals surface area (Å²) < 4.78 is 0. The Morgan fingerprint density at radius 3 is 2.34 bits per heavy atom. The largest absolute Gasteiger partial charge is 0.504 e. The van der Waals surface area contributed by atoms with Gasteiger partial charge in [0.05, 0.1) is 24.0 Å². The second-order valence-corrected chi connectivity index (χ2v) is 23.5. The number of rotatable bonds is 17. The van der Waals surface area contributed by atoms with Gasteiger partial charge in [-0.3, -0.25) is 19.6 Å². The number of nitrogens with zero attached hydrogens (tertiary/aromatic N) is 5. The van der Waals surface area contributed by atoms with Gasteiger partial charge in [0, 0.05) is 39.8 Å². The van der Waals surface area contributed by atoms with E-state index in [0.717, 1.165) is 85.4 Å². The Balaban J connectivity index is 0.000000157. The predicted octanol–water partition coefficient (Wildman–Crippen LogP) is 9.28. The molecule has 2 aliphatic heterocycles. The van der Waals surface area contributed by atoms with Crippen molar-refractivity contribution >= 4 is 50.5 Å². The minimum absolute atomic E-state index is 0.114. The number of H-pyrrole nitrogens is 1. The molecule has 5 heterocycles. The molecule has 10 rings (SSSR count). The number of thiazole rings is 2. The van der Waals surface area contributed by atoms with Crippen LogP contribution in [0.25, 0.3) is 0 Å². The van der Waals surface area contributed by atoms with Crippen LogP contribution in [0.1, 0.15) is 141 Å². The summed E-state index contributed by atoms with van der Waals surface area (Å²) in [6.07, 6.45) is 25.2. The minimum atomic E-state index is -1.10. The van der Waals surface area contributed by atoms with Crippen molar-refractivity contribution < 1.29 is 24.9 Å². The average molecular weight is 1100 g/mol. The van der Waals surface area contributed by atoms with E-state index in [1.165, 1.54) is 159 Å². The number of hydrogen-bond donors (Lipinski definition) is 9. The molecule has 0 radical (unpaired) electrons. The van der Waals surface area contributed by atoms with Crippen LogP contribution >= 0.6 is 22.7 Å². The number of phenolic OH excluding ortho intramolecular Hbond substituents is 2. The Morgan fingerprint density at radius 1 is 0.909 bits per heavy atom. The number of nitrogens with one attached hydrogen (secondary N) is 3. The van der Waals surface area contributed by atoms with Gasteiger partial charge in [0.25, 0.3) is 0 Å². The molecule has 1 unspecified atom stereocenters. The highest BCUT2D eigenvalue weighted by Crippen LogP contribution is 2.35. The number of piperidine rings is 1. The number of fused-ring (bicyclic) bond motifs is 5. The first kappa shape index (κ1) is 60.9. The van der Waals surface area contributed by atoms with E-state index in [1.54, 1.807) is 22.7 Å². The molecule has 1 amide bonds. The minimum Gasteiger partial charge on any atom is -0.504 e. The molecule has 12 N–H and O–H groups in total. The Bertz CT molecular complexity index is 2580. The third kappa shape index (κ3) is 18.6. The molecule has 3 aromatic heterocycles. The summed E-state index contributed by atoms with van der Waals surface area (Å²) in [7, 11) is 0. The Labute approximate surface area is 465 Å². The highest BCUT2D eigenvalue weighted by molar-refractivity contribution is 7.15. The number of carbonyl (C=O) groups is 2. The second kappa shape index (κ2) is 31.3. The fourth-order valence-electron chi connectivity index (χ4n) is 11.3. The van der Waals surface area contributed by atoms with Crippen LogP contribution in [-0.4, -0.2) is 115 Å². The number of aliphatic carboxylic acids is 1. The molecular weight excluding hydrogens is 1010 g/mol. The van der Waals surface area contributed by atoms with Crippen LogP contribution in [0.15, 0.2) is 55.3 Å². The number of anilines is 3. The number of aromatic hydroxyl groups is 2. The maximum absolute atomic E-state index is 11.5. The summed E-state index contributed by atoms with van der Waals surface area (Å²) in [6.45, 7) is 19.9. The summed E-state index contributed by atoms with van der Waals surface area (Å²) in [4.78, 5) is 38.6. The maximum atomic E-state index is 11.5. The number of carboxylic acids is 1. The van der Waals surface area contributed by atoms with E-state index in [0.29, 0.717) is 18.0 Å². The maximum Gasteiger partial charge on any atom is 0.320 e. The van der Waals surface area contributed by atoms with Gasteiger partial charge in [0.15, 0.2) is 21.8 Å². The normalized spacial score (nSPS) is 19.5. The monoisotopic (exact) mass is 1100 g/mol. The summed E-state index contributed by atoms with van der Waals surface area (Å²) in [5.41, 5.74) is 26.1. The van der Waals surface area contributed by atoms with Crippen molar-refractivity contribution in [2.75, 3.05) is 56.1 Å². The van der Waals surface area contributed by atoms with Crippen molar-refractivity contribution in [3.05, 3.63) is 104 Å². The predicted molar refractivity (Wildman–Crippen MR) is 315 cm³/mol. The van der Waals surface area contributed by atoms with Crippen molar-refractivity contribution in [3.8, 4) is 11.5 Å². The summed E-state index contributed by atoms with van der Waals surface area (Å²) in [5.74, 6) is 0.181. The zero-order valence-corrected chi connectivity index (χ0v) is 48.0. The highest BCUT2D eigenvalue weighted by Gasteiger charge is 2.36. The highest BCUT2D eigenvalue weighted by atomic mass is 32.1. The number of nitrogen functional groups attached to an aromatic ring is 2. The number of aromatic nitrogens is 4.